The van der Waals surface area contributed by atoms with Gasteiger partial charge in [0.05, 0.1) is 0 Å². The molecule has 5 nitrogen and oxygen atoms in total. The van der Waals surface area contributed by atoms with Crippen molar-refractivity contribution in [3.63, 3.8) is 0 Å². The van der Waals surface area contributed by atoms with Crippen LogP contribution in [-0.4, -0.2) is 19.4 Å². The molecule has 4 aromatic rings. The van der Waals surface area contributed by atoms with Crippen molar-refractivity contribution in [3.8, 4) is 22.9 Å². The highest BCUT2D eigenvalue weighted by Gasteiger charge is 2.07. The lowest BCUT2D eigenvalue weighted by molar-refractivity contribution is 0.411. The van der Waals surface area contributed by atoms with Gasteiger partial charge >= 0.3 is 6.01 Å². The Balaban J connectivity index is 1.63. The summed E-state index contributed by atoms with van der Waals surface area (Å²) in [5.41, 5.74) is 3.73. The smallest absolute Gasteiger partial charge is 0.321 e. The van der Waals surface area contributed by atoms with E-state index in [0.717, 1.165) is 22.5 Å². The van der Waals surface area contributed by atoms with Crippen molar-refractivity contribution >= 4 is 5.65 Å². The molecule has 0 aliphatic rings. The Morgan fingerprint density at radius 1 is 0.917 bits per heavy atom. The van der Waals surface area contributed by atoms with Crippen molar-refractivity contribution in [2.24, 2.45) is 0 Å². The van der Waals surface area contributed by atoms with Gasteiger partial charge in [0, 0.05) is 41.6 Å². The summed E-state index contributed by atoms with van der Waals surface area (Å²) >= 11 is 0. The van der Waals surface area contributed by atoms with E-state index in [2.05, 4.69) is 15.0 Å². The van der Waals surface area contributed by atoms with Gasteiger partial charge in [0.25, 0.3) is 0 Å². The molecule has 0 N–H and O–H groups in total. The summed E-state index contributed by atoms with van der Waals surface area (Å²) in [5.74, 6) is -0.355. The molecule has 0 saturated carbocycles. The molecule has 0 saturated heterocycles. The van der Waals surface area contributed by atoms with Crippen LogP contribution in [0.15, 0.2) is 61.2 Å². The van der Waals surface area contributed by atoms with E-state index in [1.54, 1.807) is 24.5 Å². The van der Waals surface area contributed by atoms with Crippen LogP contribution in [-0.2, 0) is 0 Å². The maximum Gasteiger partial charge on any atom is 0.321 e. The zero-order chi connectivity index (χ0) is 16.5. The van der Waals surface area contributed by atoms with Crippen LogP contribution in [0.4, 0.5) is 4.39 Å². The van der Waals surface area contributed by atoms with Gasteiger partial charge in [-0.15, -0.1) is 0 Å². The Hall–Kier alpha value is -3.28. The van der Waals surface area contributed by atoms with Crippen LogP contribution in [0.1, 0.15) is 5.69 Å². The van der Waals surface area contributed by atoms with Gasteiger partial charge in [-0.05, 0) is 31.2 Å². The van der Waals surface area contributed by atoms with Crippen LogP contribution in [0.5, 0.6) is 11.8 Å². The number of fused-ring (bicyclic) bond motifs is 1. The highest BCUT2D eigenvalue weighted by atomic mass is 19.1. The molecular formula is C18H13FN4O. The minimum Gasteiger partial charge on any atom is -0.421 e. The fraction of sp³-hybridized carbons (Fsp3) is 0.0556. The van der Waals surface area contributed by atoms with Gasteiger partial charge in [0.15, 0.2) is 11.6 Å². The Morgan fingerprint density at radius 3 is 2.50 bits per heavy atom. The number of benzene rings is 1. The summed E-state index contributed by atoms with van der Waals surface area (Å²) in [5, 5.41) is 0. The van der Waals surface area contributed by atoms with Crippen molar-refractivity contribution in [3.05, 3.63) is 72.7 Å². The zero-order valence-electron chi connectivity index (χ0n) is 12.8. The first-order valence-electron chi connectivity index (χ1n) is 7.39. The van der Waals surface area contributed by atoms with E-state index in [9.17, 15) is 4.39 Å². The molecule has 0 radical (unpaired) electrons. The summed E-state index contributed by atoms with van der Waals surface area (Å²) in [6.45, 7) is 1.99. The fourth-order valence-corrected chi connectivity index (χ4v) is 2.42. The maximum atomic E-state index is 13.6. The van der Waals surface area contributed by atoms with Crippen molar-refractivity contribution in [1.29, 1.82) is 0 Å². The van der Waals surface area contributed by atoms with Gasteiger partial charge in [0.2, 0.25) is 0 Å². The lowest BCUT2D eigenvalue weighted by atomic mass is 10.1. The van der Waals surface area contributed by atoms with E-state index in [-0.39, 0.29) is 11.8 Å². The molecule has 0 atom stereocenters. The van der Waals surface area contributed by atoms with Crippen LogP contribution in [0.3, 0.4) is 0 Å². The Labute approximate surface area is 137 Å². The number of ether oxygens (including phenoxy) is 1. The van der Waals surface area contributed by atoms with Crippen LogP contribution >= 0.6 is 0 Å². The summed E-state index contributed by atoms with van der Waals surface area (Å²) in [7, 11) is 0. The van der Waals surface area contributed by atoms with Gasteiger partial charge < -0.3 is 9.14 Å². The first-order valence-corrected chi connectivity index (χ1v) is 7.39. The van der Waals surface area contributed by atoms with E-state index in [0.29, 0.717) is 0 Å². The lowest BCUT2D eigenvalue weighted by Crippen LogP contribution is -1.95. The number of aryl methyl sites for hydroxylation is 1. The normalized spacial score (nSPS) is 10.9. The first kappa shape index (κ1) is 14.3. The summed E-state index contributed by atoms with van der Waals surface area (Å²) in [4.78, 5) is 12.6. The monoisotopic (exact) mass is 320 g/mol. The molecule has 0 spiro atoms. The minimum atomic E-state index is -0.453. The Kier molecular flexibility index (Phi) is 3.42. The molecule has 3 aromatic heterocycles. The molecule has 3 heterocycles. The number of imidazole rings is 1. The van der Waals surface area contributed by atoms with Crippen LogP contribution in [0, 0.1) is 12.7 Å². The molecule has 0 aliphatic carbocycles. The third kappa shape index (κ3) is 2.58. The largest absolute Gasteiger partial charge is 0.421 e. The summed E-state index contributed by atoms with van der Waals surface area (Å²) < 4.78 is 20.9. The van der Waals surface area contributed by atoms with Crippen molar-refractivity contribution in [1.82, 2.24) is 19.4 Å². The molecule has 0 unspecified atom stereocenters. The Morgan fingerprint density at radius 2 is 1.71 bits per heavy atom. The number of nitrogens with zero attached hydrogens (tertiary/aromatic N) is 4. The number of rotatable bonds is 3. The Bertz CT molecular complexity index is 1010. The van der Waals surface area contributed by atoms with Gasteiger partial charge in [-0.25, -0.2) is 19.3 Å². The third-order valence-electron chi connectivity index (χ3n) is 3.69. The average Bonchev–Trinajstić information content (AvgIpc) is 2.98. The van der Waals surface area contributed by atoms with Crippen LogP contribution < -0.4 is 4.74 Å². The molecule has 6 heteroatoms. The number of pyridine rings is 1. The molecular weight excluding hydrogens is 307 g/mol. The molecule has 118 valence electrons. The van der Waals surface area contributed by atoms with Gasteiger partial charge in [-0.2, -0.15) is 0 Å². The molecule has 0 aliphatic heterocycles. The van der Waals surface area contributed by atoms with Crippen LogP contribution in [0.25, 0.3) is 16.8 Å². The number of aromatic nitrogens is 4. The second kappa shape index (κ2) is 5.73. The summed E-state index contributed by atoms with van der Waals surface area (Å²) in [6, 6.07) is 10.1. The third-order valence-corrected chi connectivity index (χ3v) is 3.69. The van der Waals surface area contributed by atoms with Crippen molar-refractivity contribution in [2.45, 2.75) is 6.92 Å². The van der Waals surface area contributed by atoms with Gasteiger partial charge in [-0.1, -0.05) is 12.1 Å². The minimum absolute atomic E-state index is 0.0979. The molecule has 24 heavy (non-hydrogen) atoms. The number of hydrogen-bond donors (Lipinski definition) is 0. The standard InChI is InChI=1S/C18H13FN4O/c1-12-8-20-17-7-6-13(11-23(12)17)14-9-21-18(22-10-14)24-16-5-3-2-4-15(16)19/h2-11H,1H3. The van der Waals surface area contributed by atoms with E-state index < -0.39 is 5.82 Å². The second-order valence-corrected chi connectivity index (χ2v) is 5.33. The molecule has 0 bridgehead atoms. The van der Waals surface area contributed by atoms with E-state index >= 15 is 0 Å². The highest BCUT2D eigenvalue weighted by molar-refractivity contribution is 5.63. The lowest BCUT2D eigenvalue weighted by Gasteiger charge is -2.06. The summed E-state index contributed by atoms with van der Waals surface area (Å²) in [6.07, 6.45) is 7.10. The van der Waals surface area contributed by atoms with Crippen LogP contribution in [0.2, 0.25) is 0 Å². The molecule has 0 amide bonds. The zero-order valence-corrected chi connectivity index (χ0v) is 12.8. The van der Waals surface area contributed by atoms with Crippen molar-refractivity contribution in [2.75, 3.05) is 0 Å². The number of para-hydroxylation sites is 1. The van der Waals surface area contributed by atoms with Crippen molar-refractivity contribution < 1.29 is 9.13 Å². The fourth-order valence-electron chi connectivity index (χ4n) is 2.42. The molecule has 1 aromatic carbocycles. The van der Waals surface area contributed by atoms with Gasteiger partial charge in [-0.3, -0.25) is 0 Å². The SMILES string of the molecule is Cc1cnc2ccc(-c3cnc(Oc4ccccc4F)nc3)cn12. The predicted molar refractivity (Wildman–Crippen MR) is 87.4 cm³/mol. The average molecular weight is 320 g/mol. The highest BCUT2D eigenvalue weighted by Crippen LogP contribution is 2.23. The predicted octanol–water partition coefficient (Wildman–Crippen LogP) is 4.03. The quantitative estimate of drug-likeness (QED) is 0.572. The topological polar surface area (TPSA) is 52.3 Å². The maximum absolute atomic E-state index is 13.6. The molecule has 0 fully saturated rings. The first-order chi connectivity index (χ1) is 11.7. The van der Waals surface area contributed by atoms with E-state index in [1.807, 2.05) is 35.9 Å². The molecule has 4 rings (SSSR count). The second-order valence-electron chi connectivity index (χ2n) is 5.33. The van der Waals surface area contributed by atoms with E-state index in [1.165, 1.54) is 12.1 Å². The van der Waals surface area contributed by atoms with Gasteiger partial charge in [0.1, 0.15) is 5.65 Å². The van der Waals surface area contributed by atoms with E-state index in [4.69, 9.17) is 4.74 Å². The number of hydrogen-bond acceptors (Lipinski definition) is 4. The number of halogens is 1.